The number of halogens is 8. The number of carbonyl (C=O) groups excluding carboxylic acids is 4. The lowest BCUT2D eigenvalue weighted by atomic mass is 9.81. The second-order valence-electron chi connectivity index (χ2n) is 15.5. The Hall–Kier alpha value is -4.25. The predicted octanol–water partition coefficient (Wildman–Crippen LogP) is 6.65. The van der Waals surface area contributed by atoms with Crippen molar-refractivity contribution in [2.24, 2.45) is 17.8 Å². The standard InChI is InChI=1S/C21H27F4N3O2.C17H21F4N3O2/c1-3-17(29)27-18(19(30)28-10-6-13(7-11-28)21(23,24)25)20(8-9-20)14-4-5-16(26-2)15(22)12-14;18-16(19)4-1-2-12(8-16)13(10-25)23-15(26)14-3-5-22-24(14)9-11-6-17(20,21)7-11/h4-5,12-13,18,26H,3,6-11H2,1-2H3,(H,27,29);3,5,10-13H,1-2,4,6-9H2,(H,23,26). The second-order valence-corrected chi connectivity index (χ2v) is 15.5. The molecule has 3 amide bonds. The van der Waals surface area contributed by atoms with E-state index in [2.05, 4.69) is 21.0 Å². The maximum Gasteiger partial charge on any atom is 0.391 e. The van der Waals surface area contributed by atoms with Crippen molar-refractivity contribution in [2.45, 2.75) is 120 Å². The molecule has 1 aliphatic heterocycles. The Bertz CT molecular complexity index is 1720. The highest BCUT2D eigenvalue weighted by Gasteiger charge is 2.56. The molecule has 1 aromatic heterocycles. The van der Waals surface area contributed by atoms with Crippen molar-refractivity contribution in [3.8, 4) is 0 Å². The van der Waals surface area contributed by atoms with Gasteiger partial charge in [-0.15, -0.1) is 0 Å². The number of nitrogens with zero attached hydrogens (tertiary/aromatic N) is 3. The van der Waals surface area contributed by atoms with Gasteiger partial charge in [0.2, 0.25) is 23.7 Å². The summed E-state index contributed by atoms with van der Waals surface area (Å²) in [4.78, 5) is 50.6. The minimum atomic E-state index is -4.27. The monoisotopic (exact) mass is 804 g/mol. The van der Waals surface area contributed by atoms with Crippen molar-refractivity contribution in [1.82, 2.24) is 25.3 Å². The first-order valence-corrected chi connectivity index (χ1v) is 19.0. The van der Waals surface area contributed by atoms with Gasteiger partial charge in [-0.25, -0.2) is 22.0 Å². The Labute approximate surface area is 319 Å². The average Bonchev–Trinajstić information content (AvgIpc) is 3.81. The van der Waals surface area contributed by atoms with E-state index in [-0.39, 0.29) is 75.7 Å². The second kappa shape index (κ2) is 17.1. The molecule has 3 unspecified atom stereocenters. The number of piperidine rings is 1. The number of nitrogens with one attached hydrogen (secondary N) is 3. The van der Waals surface area contributed by atoms with E-state index in [0.717, 1.165) is 0 Å². The molecule has 1 saturated heterocycles. The van der Waals surface area contributed by atoms with Gasteiger partial charge in [0, 0.05) is 70.4 Å². The minimum Gasteiger partial charge on any atom is -0.386 e. The first-order chi connectivity index (χ1) is 26.3. The van der Waals surface area contributed by atoms with Gasteiger partial charge in [-0.3, -0.25) is 19.1 Å². The number of hydrogen-bond donors (Lipinski definition) is 3. The lowest BCUT2D eigenvalue weighted by Crippen LogP contribution is -2.56. The number of aromatic nitrogens is 2. The van der Waals surface area contributed by atoms with Gasteiger partial charge >= 0.3 is 6.18 Å². The Balaban J connectivity index is 0.000000216. The minimum absolute atomic E-state index is 0.00929. The molecule has 3 saturated carbocycles. The highest BCUT2D eigenvalue weighted by molar-refractivity contribution is 5.94. The van der Waals surface area contributed by atoms with Crippen LogP contribution in [0.25, 0.3) is 0 Å². The number of amides is 3. The zero-order valence-corrected chi connectivity index (χ0v) is 31.2. The largest absolute Gasteiger partial charge is 0.391 e. The summed E-state index contributed by atoms with van der Waals surface area (Å²) < 4.78 is 108. The van der Waals surface area contributed by atoms with E-state index in [4.69, 9.17) is 0 Å². The maximum atomic E-state index is 14.4. The summed E-state index contributed by atoms with van der Waals surface area (Å²) in [7, 11) is 1.60. The van der Waals surface area contributed by atoms with Crippen LogP contribution < -0.4 is 16.0 Å². The Kier molecular flexibility index (Phi) is 13.1. The van der Waals surface area contributed by atoms with Crippen LogP contribution in [-0.4, -0.2) is 88.9 Å². The number of aldehydes is 1. The van der Waals surface area contributed by atoms with Crippen LogP contribution in [0.2, 0.25) is 0 Å². The molecule has 4 fully saturated rings. The highest BCUT2D eigenvalue weighted by atomic mass is 19.4. The maximum absolute atomic E-state index is 14.4. The van der Waals surface area contributed by atoms with Crippen molar-refractivity contribution in [2.75, 3.05) is 25.5 Å². The molecule has 2 heterocycles. The van der Waals surface area contributed by atoms with Gasteiger partial charge in [-0.1, -0.05) is 13.0 Å². The SMILES string of the molecule is CCC(=O)NC(C(=O)N1CCC(C(F)(F)F)CC1)C1(c2ccc(NC)c(F)c2)CC1.O=CC(NC(=O)c1ccnn1CC1CC(F)(F)C1)C1CCCC(F)(F)C1. The summed E-state index contributed by atoms with van der Waals surface area (Å²) in [6, 6.07) is 4.17. The third-order valence-corrected chi connectivity index (χ3v) is 11.5. The third kappa shape index (κ3) is 10.2. The van der Waals surface area contributed by atoms with Gasteiger partial charge in [0.1, 0.15) is 23.8 Å². The Morgan fingerprint density at radius 1 is 0.964 bits per heavy atom. The van der Waals surface area contributed by atoms with Crippen molar-refractivity contribution in [1.29, 1.82) is 0 Å². The molecule has 3 atom stereocenters. The molecule has 3 aliphatic carbocycles. The summed E-state index contributed by atoms with van der Waals surface area (Å²) >= 11 is 0. The molecule has 1 aromatic carbocycles. The number of likely N-dealkylation sites (tertiary alicyclic amines) is 1. The number of benzene rings is 1. The van der Waals surface area contributed by atoms with Crippen LogP contribution in [-0.2, 0) is 26.3 Å². The summed E-state index contributed by atoms with van der Waals surface area (Å²) in [6.07, 6.45) is -1.77. The molecule has 6 rings (SSSR count). The number of carbonyl (C=O) groups is 4. The van der Waals surface area contributed by atoms with Crippen LogP contribution in [0.5, 0.6) is 0 Å². The van der Waals surface area contributed by atoms with Gasteiger partial charge in [-0.05, 0) is 74.1 Å². The van der Waals surface area contributed by atoms with Crippen LogP contribution in [0, 0.1) is 23.6 Å². The smallest absolute Gasteiger partial charge is 0.386 e. The molecule has 0 bridgehead atoms. The average molecular weight is 805 g/mol. The van der Waals surface area contributed by atoms with Crippen molar-refractivity contribution in [3.63, 3.8) is 0 Å². The fourth-order valence-electron chi connectivity index (χ4n) is 8.05. The topological polar surface area (TPSA) is 125 Å². The molecule has 3 N–H and O–H groups in total. The van der Waals surface area contributed by atoms with Gasteiger partial charge < -0.3 is 25.6 Å². The molecule has 0 spiro atoms. The fraction of sp³-hybridized carbons (Fsp3) is 0.658. The summed E-state index contributed by atoms with van der Waals surface area (Å²) in [6.45, 7) is 1.82. The van der Waals surface area contributed by atoms with Crippen LogP contribution in [0.15, 0.2) is 30.5 Å². The lowest BCUT2D eigenvalue weighted by Gasteiger charge is -2.37. The van der Waals surface area contributed by atoms with E-state index in [0.29, 0.717) is 43.2 Å². The van der Waals surface area contributed by atoms with Crippen molar-refractivity contribution < 1.29 is 54.3 Å². The van der Waals surface area contributed by atoms with E-state index >= 15 is 0 Å². The van der Waals surface area contributed by atoms with Gasteiger partial charge in [-0.2, -0.15) is 18.3 Å². The van der Waals surface area contributed by atoms with E-state index in [9.17, 15) is 54.3 Å². The normalized spacial score (nSPS) is 22.7. The van der Waals surface area contributed by atoms with Gasteiger partial charge in [0.05, 0.1) is 17.6 Å². The number of alkyl halides is 7. The van der Waals surface area contributed by atoms with Gasteiger partial charge in [0.25, 0.3) is 5.91 Å². The Morgan fingerprint density at radius 2 is 1.64 bits per heavy atom. The molecular formula is C38H48F8N6O4. The Morgan fingerprint density at radius 3 is 2.18 bits per heavy atom. The first-order valence-electron chi connectivity index (χ1n) is 19.0. The van der Waals surface area contributed by atoms with Gasteiger partial charge in [0.15, 0.2) is 0 Å². The number of anilines is 1. The van der Waals surface area contributed by atoms with E-state index in [1.54, 1.807) is 26.1 Å². The summed E-state index contributed by atoms with van der Waals surface area (Å²) in [5.41, 5.74) is 0.327. The molecule has 18 heteroatoms. The van der Waals surface area contributed by atoms with Crippen LogP contribution >= 0.6 is 0 Å². The fourth-order valence-corrected chi connectivity index (χ4v) is 8.05. The molecule has 4 aliphatic rings. The van der Waals surface area contributed by atoms with E-state index < -0.39 is 71.4 Å². The van der Waals surface area contributed by atoms with Crippen molar-refractivity contribution in [3.05, 3.63) is 47.5 Å². The first kappa shape index (κ1) is 42.9. The zero-order chi connectivity index (χ0) is 41.1. The quantitative estimate of drug-likeness (QED) is 0.163. The van der Waals surface area contributed by atoms with Crippen molar-refractivity contribution >= 4 is 29.7 Å². The van der Waals surface area contributed by atoms with Crippen LogP contribution in [0.4, 0.5) is 40.8 Å². The summed E-state index contributed by atoms with van der Waals surface area (Å²) in [5.74, 6) is -9.58. The van der Waals surface area contributed by atoms with Crippen LogP contribution in [0.3, 0.4) is 0 Å². The lowest BCUT2D eigenvalue weighted by molar-refractivity contribution is -0.186. The highest BCUT2D eigenvalue weighted by Crippen LogP contribution is 2.52. The predicted molar refractivity (Wildman–Crippen MR) is 189 cm³/mol. The molecule has 2 aromatic rings. The molecule has 56 heavy (non-hydrogen) atoms. The van der Waals surface area contributed by atoms with E-state index in [1.807, 2.05) is 0 Å². The zero-order valence-electron chi connectivity index (χ0n) is 31.2. The number of hydrogen-bond acceptors (Lipinski definition) is 6. The molecule has 310 valence electrons. The molecule has 10 nitrogen and oxygen atoms in total. The van der Waals surface area contributed by atoms with E-state index in [1.165, 1.54) is 27.9 Å². The number of rotatable bonds is 12. The molecular weight excluding hydrogens is 756 g/mol. The third-order valence-electron chi connectivity index (χ3n) is 11.5. The summed E-state index contributed by atoms with van der Waals surface area (Å²) in [5, 5.41) is 12.0. The van der Waals surface area contributed by atoms with Crippen LogP contribution in [0.1, 0.15) is 93.6 Å². The molecule has 0 radical (unpaired) electrons.